The number of carboxylic acids is 1. The molecular weight excluding hydrogens is 382 g/mol. The molecule has 7 nitrogen and oxygen atoms in total. The second kappa shape index (κ2) is 7.65. The summed E-state index contributed by atoms with van der Waals surface area (Å²) >= 11 is 0. The highest BCUT2D eigenvalue weighted by molar-refractivity contribution is 6.24. The minimum absolute atomic E-state index is 0.268. The molecule has 0 bridgehead atoms. The number of aromatic nitrogens is 1. The van der Waals surface area contributed by atoms with E-state index in [0.717, 1.165) is 12.0 Å². The van der Waals surface area contributed by atoms with E-state index in [-0.39, 0.29) is 12.3 Å². The third kappa shape index (κ3) is 2.92. The summed E-state index contributed by atoms with van der Waals surface area (Å²) in [5, 5.41) is 13.4. The second-order valence-electron chi connectivity index (χ2n) is 8.06. The number of hydrogen-bond donors (Lipinski definition) is 2. The van der Waals surface area contributed by atoms with Crippen molar-refractivity contribution in [3.8, 4) is 0 Å². The number of nitrogens with one attached hydrogen (secondary N) is 1. The number of benzene rings is 1. The van der Waals surface area contributed by atoms with Crippen LogP contribution in [0.3, 0.4) is 0 Å². The van der Waals surface area contributed by atoms with Crippen LogP contribution >= 0.6 is 0 Å². The predicted octanol–water partition coefficient (Wildman–Crippen LogP) is 2.85. The Kier molecular flexibility index (Phi) is 5.15. The molecule has 0 spiro atoms. The van der Waals surface area contributed by atoms with Gasteiger partial charge in [0.1, 0.15) is 5.54 Å². The van der Waals surface area contributed by atoms with Crippen molar-refractivity contribution in [1.29, 1.82) is 0 Å². The summed E-state index contributed by atoms with van der Waals surface area (Å²) in [6.45, 7) is 3.81. The summed E-state index contributed by atoms with van der Waals surface area (Å²) < 4.78 is 0. The van der Waals surface area contributed by atoms with Gasteiger partial charge >= 0.3 is 5.97 Å². The molecule has 0 aliphatic carbocycles. The van der Waals surface area contributed by atoms with E-state index in [1.54, 1.807) is 36.5 Å². The van der Waals surface area contributed by atoms with Crippen LogP contribution in [0.4, 0.5) is 5.69 Å². The maximum Gasteiger partial charge on any atom is 0.324 e. The van der Waals surface area contributed by atoms with Gasteiger partial charge < -0.3 is 5.11 Å². The molecule has 2 aliphatic heterocycles. The smallest absolute Gasteiger partial charge is 0.324 e. The topological polar surface area (TPSA) is 99.6 Å². The van der Waals surface area contributed by atoms with Crippen molar-refractivity contribution in [2.45, 2.75) is 44.7 Å². The van der Waals surface area contributed by atoms with Crippen LogP contribution in [-0.2, 0) is 14.4 Å². The molecule has 2 amide bonds. The SMILES string of the molecule is CCCCC1(C(=O)O)NC(c2ccccn2)C2C(=O)N(c3ccccc3C)C(=O)C21. The van der Waals surface area contributed by atoms with Gasteiger partial charge in [0.25, 0.3) is 0 Å². The quantitative estimate of drug-likeness (QED) is 0.715. The number of anilines is 1. The molecule has 1 aromatic heterocycles. The highest BCUT2D eigenvalue weighted by Gasteiger charge is 2.68. The van der Waals surface area contributed by atoms with E-state index in [4.69, 9.17) is 0 Å². The van der Waals surface area contributed by atoms with Crippen molar-refractivity contribution < 1.29 is 19.5 Å². The summed E-state index contributed by atoms with van der Waals surface area (Å²) in [4.78, 5) is 45.2. The zero-order valence-corrected chi connectivity index (χ0v) is 17.0. The van der Waals surface area contributed by atoms with Crippen LogP contribution in [0.1, 0.15) is 43.5 Å². The lowest BCUT2D eigenvalue weighted by atomic mass is 9.77. The Hall–Kier alpha value is -3.06. The lowest BCUT2D eigenvalue weighted by molar-refractivity contribution is -0.149. The Morgan fingerprint density at radius 1 is 1.17 bits per heavy atom. The van der Waals surface area contributed by atoms with Gasteiger partial charge in [-0.2, -0.15) is 0 Å². The summed E-state index contributed by atoms with van der Waals surface area (Å²) in [5.74, 6) is -3.73. The molecule has 4 unspecified atom stereocenters. The lowest BCUT2D eigenvalue weighted by Gasteiger charge is -2.31. The number of imide groups is 1. The lowest BCUT2D eigenvalue weighted by Crippen LogP contribution is -2.55. The molecule has 2 fully saturated rings. The minimum Gasteiger partial charge on any atom is -0.480 e. The van der Waals surface area contributed by atoms with Gasteiger partial charge in [-0.3, -0.25) is 24.7 Å². The number of para-hydroxylation sites is 1. The predicted molar refractivity (Wildman–Crippen MR) is 111 cm³/mol. The first-order valence-electron chi connectivity index (χ1n) is 10.3. The van der Waals surface area contributed by atoms with Crippen LogP contribution in [0, 0.1) is 18.8 Å². The first kappa shape index (κ1) is 20.2. The molecular formula is C23H25N3O4. The highest BCUT2D eigenvalue weighted by atomic mass is 16.4. The molecule has 2 saturated heterocycles. The second-order valence-corrected chi connectivity index (χ2v) is 8.06. The third-order valence-corrected chi connectivity index (χ3v) is 6.32. The largest absolute Gasteiger partial charge is 0.480 e. The van der Waals surface area contributed by atoms with Gasteiger partial charge in [0, 0.05) is 6.20 Å². The van der Waals surface area contributed by atoms with Gasteiger partial charge in [0.2, 0.25) is 11.8 Å². The van der Waals surface area contributed by atoms with E-state index in [1.807, 2.05) is 26.0 Å². The molecule has 1 aromatic carbocycles. The van der Waals surface area contributed by atoms with E-state index in [1.165, 1.54) is 4.90 Å². The van der Waals surface area contributed by atoms with Crippen LogP contribution in [0.15, 0.2) is 48.7 Å². The van der Waals surface area contributed by atoms with Crippen molar-refractivity contribution in [2.24, 2.45) is 11.8 Å². The fourth-order valence-electron chi connectivity index (χ4n) is 4.86. The van der Waals surface area contributed by atoms with Crippen LogP contribution in [0.2, 0.25) is 0 Å². The van der Waals surface area contributed by atoms with Gasteiger partial charge in [-0.05, 0) is 37.1 Å². The minimum atomic E-state index is -1.51. The Bertz CT molecular complexity index is 993. The number of rotatable bonds is 6. The van der Waals surface area contributed by atoms with Gasteiger partial charge in [-0.25, -0.2) is 4.90 Å². The zero-order chi connectivity index (χ0) is 21.5. The number of aryl methyl sites for hydroxylation is 1. The molecule has 4 rings (SSSR count). The van der Waals surface area contributed by atoms with Crippen LogP contribution < -0.4 is 10.2 Å². The fourth-order valence-corrected chi connectivity index (χ4v) is 4.86. The molecule has 4 atom stereocenters. The standard InChI is InChI=1S/C23H25N3O4/c1-3-4-12-23(22(29)30)18-17(19(25-23)15-10-7-8-13-24-15)20(27)26(21(18)28)16-11-6-5-9-14(16)2/h5-11,13,17-19,25H,3-4,12H2,1-2H3,(H,29,30). The van der Waals surface area contributed by atoms with Crippen molar-refractivity contribution in [3.05, 3.63) is 59.9 Å². The van der Waals surface area contributed by atoms with E-state index in [0.29, 0.717) is 17.8 Å². The Balaban J connectivity index is 1.86. The summed E-state index contributed by atoms with van der Waals surface area (Å²) in [7, 11) is 0. The summed E-state index contributed by atoms with van der Waals surface area (Å²) in [5.41, 5.74) is 0.361. The maximum atomic E-state index is 13.6. The monoisotopic (exact) mass is 407 g/mol. The van der Waals surface area contributed by atoms with Crippen molar-refractivity contribution in [3.63, 3.8) is 0 Å². The van der Waals surface area contributed by atoms with Gasteiger partial charge in [-0.15, -0.1) is 0 Å². The fraction of sp³-hybridized carbons (Fsp3) is 0.391. The summed E-state index contributed by atoms with van der Waals surface area (Å²) in [6.07, 6.45) is 3.29. The van der Waals surface area contributed by atoms with E-state index >= 15 is 0 Å². The Morgan fingerprint density at radius 3 is 2.53 bits per heavy atom. The van der Waals surface area contributed by atoms with Crippen LogP contribution in [-0.4, -0.2) is 33.4 Å². The van der Waals surface area contributed by atoms with Crippen LogP contribution in [0.5, 0.6) is 0 Å². The Morgan fingerprint density at radius 2 is 1.90 bits per heavy atom. The first-order chi connectivity index (χ1) is 14.4. The molecule has 156 valence electrons. The molecule has 7 heteroatoms. The molecule has 2 aliphatic rings. The average molecular weight is 407 g/mol. The molecule has 2 aromatic rings. The Labute approximate surface area is 175 Å². The number of aliphatic carboxylic acids is 1. The summed E-state index contributed by atoms with van der Waals surface area (Å²) in [6, 6.07) is 11.9. The van der Waals surface area contributed by atoms with E-state index in [9.17, 15) is 19.5 Å². The van der Waals surface area contributed by atoms with Gasteiger partial charge in [0.05, 0.1) is 29.3 Å². The van der Waals surface area contributed by atoms with Gasteiger partial charge in [0.15, 0.2) is 0 Å². The molecule has 30 heavy (non-hydrogen) atoms. The maximum absolute atomic E-state index is 13.6. The third-order valence-electron chi connectivity index (χ3n) is 6.32. The first-order valence-corrected chi connectivity index (χ1v) is 10.3. The molecule has 2 N–H and O–H groups in total. The van der Waals surface area contributed by atoms with Crippen molar-refractivity contribution >= 4 is 23.5 Å². The van der Waals surface area contributed by atoms with Crippen molar-refractivity contribution in [2.75, 3.05) is 4.90 Å². The number of carbonyl (C=O) groups is 3. The number of hydrogen-bond acceptors (Lipinski definition) is 5. The number of unbranched alkanes of at least 4 members (excludes halogenated alkanes) is 1. The highest BCUT2D eigenvalue weighted by Crippen LogP contribution is 2.51. The van der Waals surface area contributed by atoms with E-state index in [2.05, 4.69) is 10.3 Å². The van der Waals surface area contributed by atoms with E-state index < -0.39 is 35.3 Å². The molecule has 0 saturated carbocycles. The zero-order valence-electron chi connectivity index (χ0n) is 17.0. The normalized spacial score (nSPS) is 28.1. The number of fused-ring (bicyclic) bond motifs is 1. The molecule has 0 radical (unpaired) electrons. The van der Waals surface area contributed by atoms with Gasteiger partial charge in [-0.1, -0.05) is 44.0 Å². The number of pyridine rings is 1. The number of carboxylic acid groups (broad SMARTS) is 1. The molecule has 3 heterocycles. The average Bonchev–Trinajstić information content (AvgIpc) is 3.22. The number of nitrogens with zero attached hydrogens (tertiary/aromatic N) is 2. The number of carbonyl (C=O) groups excluding carboxylic acids is 2. The van der Waals surface area contributed by atoms with Crippen LogP contribution in [0.25, 0.3) is 0 Å². The number of amides is 2. The van der Waals surface area contributed by atoms with Crippen molar-refractivity contribution in [1.82, 2.24) is 10.3 Å².